The Labute approximate surface area is 183 Å². The maximum absolute atomic E-state index is 12.7. The summed E-state index contributed by atoms with van der Waals surface area (Å²) >= 11 is 0. The van der Waals surface area contributed by atoms with Crippen LogP contribution in [0.3, 0.4) is 0 Å². The Morgan fingerprint density at radius 3 is 2.39 bits per heavy atom. The Morgan fingerprint density at radius 1 is 1.13 bits per heavy atom. The van der Waals surface area contributed by atoms with Gasteiger partial charge in [0.25, 0.3) is 5.91 Å². The molecule has 5 aliphatic rings. The van der Waals surface area contributed by atoms with Gasteiger partial charge in [0.15, 0.2) is 6.61 Å². The Balaban J connectivity index is 1.19. The smallest absolute Gasteiger partial charge is 0.340 e. The van der Waals surface area contributed by atoms with Crippen molar-refractivity contribution in [3.63, 3.8) is 0 Å². The summed E-state index contributed by atoms with van der Waals surface area (Å²) in [5.74, 6) is 1.69. The van der Waals surface area contributed by atoms with Gasteiger partial charge in [-0.1, -0.05) is 12.1 Å². The highest BCUT2D eigenvalue weighted by molar-refractivity contribution is 6.03. The number of carbonyl (C=O) groups is 3. The highest BCUT2D eigenvalue weighted by Crippen LogP contribution is 2.61. The van der Waals surface area contributed by atoms with Crippen LogP contribution in [0.5, 0.6) is 0 Å². The van der Waals surface area contributed by atoms with E-state index in [4.69, 9.17) is 4.74 Å². The maximum Gasteiger partial charge on any atom is 0.340 e. The first-order valence-corrected chi connectivity index (χ1v) is 11.8. The largest absolute Gasteiger partial charge is 0.452 e. The number of rotatable bonds is 6. The summed E-state index contributed by atoms with van der Waals surface area (Å²) in [5.41, 5.74) is 1.12. The third kappa shape index (κ3) is 3.85. The molecule has 0 radical (unpaired) electrons. The quantitative estimate of drug-likeness (QED) is 0.707. The number of nitrogens with zero attached hydrogens (tertiary/aromatic N) is 1. The molecule has 4 saturated carbocycles. The lowest BCUT2D eigenvalue weighted by Crippen LogP contribution is -2.56. The molecule has 166 valence electrons. The van der Waals surface area contributed by atoms with Crippen LogP contribution in [0.2, 0.25) is 0 Å². The van der Waals surface area contributed by atoms with Crippen molar-refractivity contribution in [1.82, 2.24) is 5.32 Å². The van der Waals surface area contributed by atoms with Crippen LogP contribution in [0.15, 0.2) is 24.3 Å². The molecule has 0 aromatic heterocycles. The van der Waals surface area contributed by atoms with Crippen LogP contribution >= 0.6 is 0 Å². The molecule has 1 aliphatic heterocycles. The van der Waals surface area contributed by atoms with E-state index in [0.29, 0.717) is 24.2 Å². The van der Waals surface area contributed by atoms with E-state index >= 15 is 0 Å². The average Bonchev–Trinajstić information content (AvgIpc) is 3.16. The number of benzene rings is 1. The molecule has 5 fully saturated rings. The number of hydrogen-bond acceptors (Lipinski definition) is 4. The topological polar surface area (TPSA) is 75.7 Å². The zero-order valence-electron chi connectivity index (χ0n) is 18.3. The zero-order chi connectivity index (χ0) is 21.6. The highest BCUT2D eigenvalue weighted by Gasteiger charge is 2.53. The van der Waals surface area contributed by atoms with E-state index in [1.165, 1.54) is 38.5 Å². The van der Waals surface area contributed by atoms with Gasteiger partial charge in [0.05, 0.1) is 11.3 Å². The normalized spacial score (nSPS) is 32.2. The maximum atomic E-state index is 12.7. The van der Waals surface area contributed by atoms with Crippen LogP contribution in [0.25, 0.3) is 0 Å². The van der Waals surface area contributed by atoms with Gasteiger partial charge in [-0.2, -0.15) is 0 Å². The van der Waals surface area contributed by atoms with Gasteiger partial charge >= 0.3 is 5.97 Å². The van der Waals surface area contributed by atoms with Gasteiger partial charge in [0.1, 0.15) is 0 Å². The van der Waals surface area contributed by atoms with Gasteiger partial charge in [-0.05, 0) is 87.2 Å². The highest BCUT2D eigenvalue weighted by atomic mass is 16.5. The molecule has 4 bridgehead atoms. The predicted octanol–water partition coefficient (Wildman–Crippen LogP) is 3.69. The van der Waals surface area contributed by atoms with E-state index in [2.05, 4.69) is 12.2 Å². The molecule has 31 heavy (non-hydrogen) atoms. The van der Waals surface area contributed by atoms with Gasteiger partial charge in [-0.15, -0.1) is 0 Å². The number of esters is 1. The SMILES string of the molecule is C[C@@H](NC(=O)COC(=O)c1ccccc1N1CCCC1=O)C12CC3CC(CC(C3)C1)C2. The van der Waals surface area contributed by atoms with E-state index in [-0.39, 0.29) is 29.9 Å². The molecule has 1 N–H and O–H groups in total. The Bertz CT molecular complexity index is 860. The first kappa shape index (κ1) is 20.5. The van der Waals surface area contributed by atoms with Crippen molar-refractivity contribution in [3.05, 3.63) is 29.8 Å². The molecular weight excluding hydrogens is 392 g/mol. The second kappa shape index (κ2) is 7.95. The van der Waals surface area contributed by atoms with Crippen LogP contribution in [-0.4, -0.2) is 37.0 Å². The van der Waals surface area contributed by atoms with E-state index in [9.17, 15) is 14.4 Å². The minimum atomic E-state index is -0.562. The van der Waals surface area contributed by atoms with Crippen molar-refractivity contribution in [2.45, 2.75) is 64.3 Å². The molecule has 6 heteroatoms. The average molecular weight is 425 g/mol. The van der Waals surface area contributed by atoms with Crippen molar-refractivity contribution >= 4 is 23.5 Å². The Morgan fingerprint density at radius 2 is 1.77 bits per heavy atom. The number of carbonyl (C=O) groups excluding carboxylic acids is 3. The third-order valence-electron chi connectivity index (χ3n) is 8.20. The fourth-order valence-corrected chi connectivity index (χ4v) is 7.14. The Kier molecular flexibility index (Phi) is 5.27. The second-order valence-electron chi connectivity index (χ2n) is 10.3. The molecule has 6 nitrogen and oxygen atoms in total. The number of para-hydroxylation sites is 1. The Hall–Kier alpha value is -2.37. The van der Waals surface area contributed by atoms with E-state index in [1.54, 1.807) is 29.2 Å². The monoisotopic (exact) mass is 424 g/mol. The number of amides is 2. The molecule has 4 aliphatic carbocycles. The fourth-order valence-electron chi connectivity index (χ4n) is 7.14. The van der Waals surface area contributed by atoms with E-state index in [0.717, 1.165) is 24.2 Å². The molecule has 0 spiro atoms. The van der Waals surface area contributed by atoms with Crippen molar-refractivity contribution in [2.75, 3.05) is 18.1 Å². The first-order chi connectivity index (χ1) is 14.9. The molecular formula is C25H32N2O4. The molecule has 1 heterocycles. The standard InChI is InChI=1S/C25H32N2O4/c1-16(25-12-17-9-18(13-25)11-19(10-17)14-25)26-22(28)15-31-24(30)20-5-2-3-6-21(20)27-8-4-7-23(27)29/h2-3,5-6,16-19H,4,7-15H2,1H3,(H,26,28)/t16-,17?,18?,19?,25?/m1/s1. The molecule has 0 unspecified atom stereocenters. The lowest BCUT2D eigenvalue weighted by molar-refractivity contribution is -0.128. The fraction of sp³-hybridized carbons (Fsp3) is 0.640. The summed E-state index contributed by atoms with van der Waals surface area (Å²) in [6.07, 6.45) is 9.05. The van der Waals surface area contributed by atoms with Crippen LogP contribution in [0.4, 0.5) is 5.69 Å². The number of hydrogen-bond donors (Lipinski definition) is 1. The van der Waals surface area contributed by atoms with E-state index < -0.39 is 5.97 Å². The van der Waals surface area contributed by atoms with Gasteiger partial charge in [-0.3, -0.25) is 9.59 Å². The van der Waals surface area contributed by atoms with Gasteiger partial charge in [-0.25, -0.2) is 4.79 Å². The summed E-state index contributed by atoms with van der Waals surface area (Å²) < 4.78 is 5.36. The molecule has 2 amide bonds. The van der Waals surface area contributed by atoms with Crippen molar-refractivity contribution in [3.8, 4) is 0 Å². The van der Waals surface area contributed by atoms with Crippen LogP contribution in [0, 0.1) is 23.2 Å². The molecule has 1 saturated heterocycles. The summed E-state index contributed by atoms with van der Waals surface area (Å²) in [7, 11) is 0. The van der Waals surface area contributed by atoms with Crippen LogP contribution in [0.1, 0.15) is 68.6 Å². The predicted molar refractivity (Wildman–Crippen MR) is 117 cm³/mol. The van der Waals surface area contributed by atoms with Crippen molar-refractivity contribution in [1.29, 1.82) is 0 Å². The molecule has 1 aromatic carbocycles. The minimum Gasteiger partial charge on any atom is -0.452 e. The van der Waals surface area contributed by atoms with Crippen molar-refractivity contribution in [2.24, 2.45) is 23.2 Å². The summed E-state index contributed by atoms with van der Waals surface area (Å²) in [6.45, 7) is 2.44. The summed E-state index contributed by atoms with van der Waals surface area (Å²) in [5, 5.41) is 3.14. The van der Waals surface area contributed by atoms with Gasteiger partial charge < -0.3 is 15.0 Å². The van der Waals surface area contributed by atoms with E-state index in [1.807, 2.05) is 0 Å². The molecule has 1 atom stereocenters. The lowest BCUT2D eigenvalue weighted by Gasteiger charge is -2.59. The van der Waals surface area contributed by atoms with Crippen LogP contribution in [-0.2, 0) is 14.3 Å². The molecule has 1 aromatic rings. The number of anilines is 1. The first-order valence-electron chi connectivity index (χ1n) is 11.8. The van der Waals surface area contributed by atoms with Crippen LogP contribution < -0.4 is 10.2 Å². The minimum absolute atomic E-state index is 0.0161. The lowest BCUT2D eigenvalue weighted by atomic mass is 9.48. The third-order valence-corrected chi connectivity index (χ3v) is 8.20. The van der Waals surface area contributed by atoms with Gasteiger partial charge in [0, 0.05) is 19.0 Å². The number of ether oxygens (including phenoxy) is 1. The second-order valence-corrected chi connectivity index (χ2v) is 10.3. The number of nitrogens with one attached hydrogen (secondary N) is 1. The summed E-state index contributed by atoms with van der Waals surface area (Å²) in [4.78, 5) is 39.1. The molecule has 6 rings (SSSR count). The van der Waals surface area contributed by atoms with Crippen molar-refractivity contribution < 1.29 is 19.1 Å². The summed E-state index contributed by atoms with van der Waals surface area (Å²) in [6, 6.07) is 7.06. The zero-order valence-corrected chi connectivity index (χ0v) is 18.3. The van der Waals surface area contributed by atoms with Gasteiger partial charge in [0.2, 0.25) is 5.91 Å².